The van der Waals surface area contributed by atoms with Gasteiger partial charge in [-0.1, -0.05) is 144 Å². The van der Waals surface area contributed by atoms with Gasteiger partial charge in [-0.25, -0.2) is 0 Å². The highest BCUT2D eigenvalue weighted by atomic mass is 35.5. The Morgan fingerprint density at radius 3 is 1.89 bits per heavy atom. The Hall–Kier alpha value is -2.23. The largest absolute Gasteiger partial charge is 0.393 e. The minimum Gasteiger partial charge on any atom is -0.393 e. The highest BCUT2D eigenvalue weighted by Crippen LogP contribution is 2.30. The Balaban J connectivity index is -0.000000735. The van der Waals surface area contributed by atoms with Gasteiger partial charge in [0.2, 0.25) is 0 Å². The first-order valence-electron chi connectivity index (χ1n) is 17.1. The van der Waals surface area contributed by atoms with Crippen molar-refractivity contribution in [1.29, 1.82) is 0 Å². The van der Waals surface area contributed by atoms with Crippen molar-refractivity contribution < 1.29 is 9.90 Å². The summed E-state index contributed by atoms with van der Waals surface area (Å²) >= 11 is 6.40. The van der Waals surface area contributed by atoms with Crippen LogP contribution >= 0.6 is 11.6 Å². The van der Waals surface area contributed by atoms with Gasteiger partial charge in [0.25, 0.3) is 0 Å². The SMILES string of the molecule is C/C=C\C(=C/CC(C)C)c1cncc(-c2ccc(C(C)=O)cc2Cl)c1.CC.CCC.CCC.CCC(C)CC(O)CC(C)C. The van der Waals surface area contributed by atoms with Crippen molar-refractivity contribution in [3.05, 3.63) is 71.0 Å². The van der Waals surface area contributed by atoms with Crippen molar-refractivity contribution in [3.63, 3.8) is 0 Å². The van der Waals surface area contributed by atoms with Crippen molar-refractivity contribution in [2.45, 2.75) is 142 Å². The number of benzene rings is 1. The number of aliphatic hydroxyl groups is 1. The van der Waals surface area contributed by atoms with Gasteiger partial charge >= 0.3 is 0 Å². The van der Waals surface area contributed by atoms with Crippen LogP contribution in [0.15, 0.2) is 54.9 Å². The molecule has 252 valence electrons. The number of carbonyl (C=O) groups excluding carboxylic acids is 1. The molecule has 0 saturated carbocycles. The van der Waals surface area contributed by atoms with Crippen molar-refractivity contribution >= 4 is 23.0 Å². The summed E-state index contributed by atoms with van der Waals surface area (Å²) in [5.41, 5.74) is 4.65. The molecule has 1 aromatic heterocycles. The maximum absolute atomic E-state index is 11.5. The van der Waals surface area contributed by atoms with E-state index in [0.717, 1.165) is 41.5 Å². The number of hydrogen-bond donors (Lipinski definition) is 1. The third-order valence-electron chi connectivity index (χ3n) is 6.03. The summed E-state index contributed by atoms with van der Waals surface area (Å²) in [6, 6.07) is 7.49. The molecule has 0 bridgehead atoms. The van der Waals surface area contributed by atoms with Crippen LogP contribution in [-0.4, -0.2) is 22.0 Å². The summed E-state index contributed by atoms with van der Waals surface area (Å²) in [4.78, 5) is 15.9. The highest BCUT2D eigenvalue weighted by Gasteiger charge is 2.11. The average Bonchev–Trinajstić information content (AvgIpc) is 2.97. The number of rotatable bonds is 11. The number of Topliss-reactive ketones (excluding diaryl/α,β-unsaturated/α-hetero) is 1. The number of aromatic nitrogens is 1. The molecule has 0 aliphatic carbocycles. The van der Waals surface area contributed by atoms with Crippen LogP contribution in [0.4, 0.5) is 0 Å². The van der Waals surface area contributed by atoms with E-state index in [2.05, 4.69) is 92.4 Å². The number of carbonyl (C=O) groups is 1. The lowest BCUT2D eigenvalue weighted by atomic mass is 9.95. The summed E-state index contributed by atoms with van der Waals surface area (Å²) in [6.07, 6.45) is 16.6. The van der Waals surface area contributed by atoms with E-state index in [1.807, 2.05) is 39.1 Å². The lowest BCUT2D eigenvalue weighted by molar-refractivity contribution is 0.101. The molecule has 3 nitrogen and oxygen atoms in total. The molecule has 2 rings (SSSR count). The predicted octanol–water partition coefficient (Wildman–Crippen LogP) is 13.3. The highest BCUT2D eigenvalue weighted by molar-refractivity contribution is 6.33. The number of aliphatic hydroxyl groups excluding tert-OH is 1. The Morgan fingerprint density at radius 2 is 1.45 bits per heavy atom. The maximum atomic E-state index is 11.5. The summed E-state index contributed by atoms with van der Waals surface area (Å²) in [7, 11) is 0. The van der Waals surface area contributed by atoms with E-state index < -0.39 is 0 Å². The van der Waals surface area contributed by atoms with E-state index in [-0.39, 0.29) is 11.9 Å². The molecule has 0 amide bonds. The van der Waals surface area contributed by atoms with Gasteiger partial charge in [0.1, 0.15) is 0 Å². The molecular weight excluding hydrogens is 562 g/mol. The number of hydrogen-bond acceptors (Lipinski definition) is 3. The van der Waals surface area contributed by atoms with Gasteiger partial charge in [0.05, 0.1) is 6.10 Å². The Labute approximate surface area is 278 Å². The standard InChI is InChI=1S/C22H24ClNO.C10H22O.2C3H8.C2H6/c1-5-6-17(8-7-15(2)3)19-11-20(14-24-13-19)21-10-9-18(16(4)25)12-22(21)23;1-5-9(4)7-10(11)6-8(2)3;2*1-3-2;1-2/h5-6,8-15H,7H2,1-4H3;8-11H,5-7H2,1-4H3;2*3H2,1-2H3;1-2H3/b6-5-,17-8+;;;;. The zero-order valence-corrected chi connectivity index (χ0v) is 31.7. The molecule has 1 heterocycles. The Morgan fingerprint density at radius 1 is 0.886 bits per heavy atom. The molecule has 0 spiro atoms. The van der Waals surface area contributed by atoms with E-state index >= 15 is 0 Å². The number of allylic oxidation sites excluding steroid dienone is 4. The number of pyridine rings is 1. The van der Waals surface area contributed by atoms with Crippen LogP contribution in [-0.2, 0) is 0 Å². The van der Waals surface area contributed by atoms with Crippen molar-refractivity contribution in [1.82, 2.24) is 4.98 Å². The van der Waals surface area contributed by atoms with Crippen LogP contribution in [0.2, 0.25) is 5.02 Å². The second kappa shape index (κ2) is 29.5. The van der Waals surface area contributed by atoms with Gasteiger partial charge in [0, 0.05) is 39.7 Å². The molecule has 0 aliphatic rings. The zero-order chi connectivity index (χ0) is 34.7. The van der Waals surface area contributed by atoms with Gasteiger partial charge in [0.15, 0.2) is 5.78 Å². The monoisotopic (exact) mass is 629 g/mol. The fourth-order valence-electron chi connectivity index (χ4n) is 3.81. The van der Waals surface area contributed by atoms with Gasteiger partial charge < -0.3 is 5.11 Å². The topological polar surface area (TPSA) is 50.2 Å². The molecule has 0 radical (unpaired) electrons. The van der Waals surface area contributed by atoms with Crippen LogP contribution in [0.1, 0.15) is 151 Å². The molecule has 4 heteroatoms. The summed E-state index contributed by atoms with van der Waals surface area (Å²) < 4.78 is 0. The molecule has 0 saturated heterocycles. The minimum absolute atomic E-state index is 0.00677. The predicted molar refractivity (Wildman–Crippen MR) is 200 cm³/mol. The van der Waals surface area contributed by atoms with Crippen LogP contribution in [0.25, 0.3) is 16.7 Å². The van der Waals surface area contributed by atoms with Gasteiger partial charge in [-0.2, -0.15) is 0 Å². The van der Waals surface area contributed by atoms with Crippen molar-refractivity contribution in [2.75, 3.05) is 0 Å². The maximum Gasteiger partial charge on any atom is 0.159 e. The molecule has 0 aliphatic heterocycles. The smallest absolute Gasteiger partial charge is 0.159 e. The molecule has 2 aromatic rings. The van der Waals surface area contributed by atoms with Crippen molar-refractivity contribution in [3.8, 4) is 11.1 Å². The molecule has 1 N–H and O–H groups in total. The Kier molecular flexibility index (Phi) is 30.9. The minimum atomic E-state index is -0.0788. The first kappa shape index (κ1) is 46.2. The third kappa shape index (κ3) is 23.2. The third-order valence-corrected chi connectivity index (χ3v) is 6.34. The van der Waals surface area contributed by atoms with E-state index in [0.29, 0.717) is 28.3 Å². The van der Waals surface area contributed by atoms with E-state index in [1.54, 1.807) is 18.3 Å². The van der Waals surface area contributed by atoms with Crippen LogP contribution < -0.4 is 0 Å². The molecular formula is C40H68ClNO2. The number of ketones is 1. The quantitative estimate of drug-likeness (QED) is 0.199. The van der Waals surface area contributed by atoms with Crippen LogP contribution in [0, 0.1) is 17.8 Å². The van der Waals surface area contributed by atoms with Gasteiger partial charge in [-0.3, -0.25) is 9.78 Å². The van der Waals surface area contributed by atoms with Crippen molar-refractivity contribution in [2.24, 2.45) is 17.8 Å². The average molecular weight is 630 g/mol. The van der Waals surface area contributed by atoms with Gasteiger partial charge in [-0.15, -0.1) is 0 Å². The summed E-state index contributed by atoms with van der Waals surface area (Å²) in [5, 5.41) is 10.1. The molecule has 44 heavy (non-hydrogen) atoms. The van der Waals surface area contributed by atoms with E-state index in [9.17, 15) is 9.90 Å². The zero-order valence-electron chi connectivity index (χ0n) is 30.9. The first-order chi connectivity index (χ1) is 20.8. The normalized spacial score (nSPS) is 12.1. The fourth-order valence-corrected chi connectivity index (χ4v) is 4.10. The molecule has 0 fully saturated rings. The van der Waals surface area contributed by atoms with Crippen LogP contribution in [0.5, 0.6) is 0 Å². The summed E-state index contributed by atoms with van der Waals surface area (Å²) in [6.45, 7) is 29.1. The lowest BCUT2D eigenvalue weighted by Gasteiger charge is -2.16. The molecule has 1 aromatic carbocycles. The second-order valence-electron chi connectivity index (χ2n) is 11.9. The number of nitrogens with zero attached hydrogens (tertiary/aromatic N) is 1. The molecule has 2 unspecified atom stereocenters. The summed E-state index contributed by atoms with van der Waals surface area (Å²) in [5.74, 6) is 1.90. The van der Waals surface area contributed by atoms with Crippen LogP contribution in [0.3, 0.4) is 0 Å². The Bertz CT molecular complexity index is 1040. The van der Waals surface area contributed by atoms with Gasteiger partial charge in [-0.05, 0) is 68.6 Å². The molecule has 2 atom stereocenters. The number of halogens is 1. The first-order valence-corrected chi connectivity index (χ1v) is 17.5. The van der Waals surface area contributed by atoms with E-state index in [4.69, 9.17) is 11.6 Å². The second-order valence-corrected chi connectivity index (χ2v) is 12.4. The lowest BCUT2D eigenvalue weighted by Crippen LogP contribution is -2.13. The fraction of sp³-hybridized carbons (Fsp3) is 0.600. The van der Waals surface area contributed by atoms with E-state index in [1.165, 1.54) is 26.2 Å².